The van der Waals surface area contributed by atoms with Crippen molar-refractivity contribution in [3.05, 3.63) is 0 Å². The van der Waals surface area contributed by atoms with Crippen LogP contribution in [0.2, 0.25) is 0 Å². The van der Waals surface area contributed by atoms with Gasteiger partial charge in [-0.3, -0.25) is 0 Å². The van der Waals surface area contributed by atoms with Gasteiger partial charge in [-0.25, -0.2) is 0 Å². The van der Waals surface area contributed by atoms with Crippen LogP contribution in [0.3, 0.4) is 0 Å². The first-order valence-corrected chi connectivity index (χ1v) is 4.31. The minimum Gasteiger partial charge on any atom is -0.395 e. The van der Waals surface area contributed by atoms with Crippen LogP contribution in [0.1, 0.15) is 13.8 Å². The summed E-state index contributed by atoms with van der Waals surface area (Å²) < 4.78 is 0. The molecule has 1 rings (SSSR count). The smallest absolute Gasteiger partial charge is 0.0989 e. The second-order valence-electron chi connectivity index (χ2n) is 3.71. The van der Waals surface area contributed by atoms with E-state index in [9.17, 15) is 10.2 Å². The van der Waals surface area contributed by atoms with E-state index in [0.29, 0.717) is 0 Å². The minimum absolute atomic E-state index is 0.114. The second kappa shape index (κ2) is 3.70. The average Bonchev–Trinajstić information content (AvgIpc) is 2.30. The summed E-state index contributed by atoms with van der Waals surface area (Å²) in [4.78, 5) is 0. The zero-order valence-electron chi connectivity index (χ0n) is 7.44. The fourth-order valence-corrected chi connectivity index (χ4v) is 1.64. The van der Waals surface area contributed by atoms with E-state index in [2.05, 4.69) is 5.32 Å². The topological polar surface area (TPSA) is 72.7 Å². The average molecular weight is 175 g/mol. The maximum atomic E-state index is 9.51. The number of nitrogens with one attached hydrogen (secondary N) is 1. The fraction of sp³-hybridized carbons (Fsp3) is 1.00. The molecule has 1 fully saturated rings. The summed E-state index contributed by atoms with van der Waals surface area (Å²) in [6, 6.07) is -0.496. The molecular formula is C8H17NO3. The fourth-order valence-electron chi connectivity index (χ4n) is 1.64. The Morgan fingerprint density at radius 1 is 1.25 bits per heavy atom. The van der Waals surface area contributed by atoms with Crippen molar-refractivity contribution >= 4 is 0 Å². The van der Waals surface area contributed by atoms with Crippen LogP contribution in [0.4, 0.5) is 0 Å². The van der Waals surface area contributed by atoms with Crippen LogP contribution in [0, 0.1) is 5.92 Å². The third-order valence-electron chi connectivity index (χ3n) is 2.45. The summed E-state index contributed by atoms with van der Waals surface area (Å²) in [5.74, 6) is 0.256. The molecule has 4 nitrogen and oxygen atoms in total. The van der Waals surface area contributed by atoms with E-state index in [1.165, 1.54) is 0 Å². The van der Waals surface area contributed by atoms with Crippen LogP contribution < -0.4 is 5.32 Å². The molecule has 4 atom stereocenters. The summed E-state index contributed by atoms with van der Waals surface area (Å²) in [6.45, 7) is 3.79. The molecule has 0 saturated carbocycles. The molecule has 1 aliphatic heterocycles. The van der Waals surface area contributed by atoms with Crippen molar-refractivity contribution in [2.45, 2.75) is 38.1 Å². The van der Waals surface area contributed by atoms with Crippen molar-refractivity contribution in [2.24, 2.45) is 5.92 Å². The minimum atomic E-state index is -0.845. The largest absolute Gasteiger partial charge is 0.395 e. The Morgan fingerprint density at radius 2 is 1.83 bits per heavy atom. The van der Waals surface area contributed by atoms with Crippen molar-refractivity contribution in [1.82, 2.24) is 5.32 Å². The van der Waals surface area contributed by atoms with Gasteiger partial charge in [-0.05, 0) is 5.92 Å². The number of rotatable bonds is 2. The molecule has 0 aliphatic carbocycles. The first-order valence-electron chi connectivity index (χ1n) is 4.31. The van der Waals surface area contributed by atoms with Crippen LogP contribution in [-0.4, -0.2) is 46.2 Å². The highest BCUT2D eigenvalue weighted by Crippen LogP contribution is 2.19. The molecule has 0 bridgehead atoms. The van der Waals surface area contributed by atoms with Crippen molar-refractivity contribution in [2.75, 3.05) is 6.61 Å². The van der Waals surface area contributed by atoms with Crippen molar-refractivity contribution in [1.29, 1.82) is 0 Å². The molecule has 0 aromatic heterocycles. The number of hydrogen-bond donors (Lipinski definition) is 4. The highest BCUT2D eigenvalue weighted by molar-refractivity contribution is 4.98. The van der Waals surface area contributed by atoms with Crippen molar-refractivity contribution in [3.63, 3.8) is 0 Å². The molecule has 0 unspecified atom stereocenters. The lowest BCUT2D eigenvalue weighted by Gasteiger charge is -2.19. The van der Waals surface area contributed by atoms with E-state index in [1.807, 2.05) is 13.8 Å². The van der Waals surface area contributed by atoms with Gasteiger partial charge in [0.1, 0.15) is 0 Å². The molecule has 0 spiro atoms. The Hall–Kier alpha value is -0.160. The SMILES string of the molecule is CC(C)[C@@H]1N[C@H](CO)[C@H](O)[C@H]1O. The Balaban J connectivity index is 2.60. The van der Waals surface area contributed by atoms with E-state index < -0.39 is 12.2 Å². The van der Waals surface area contributed by atoms with E-state index in [-0.39, 0.29) is 24.6 Å². The van der Waals surface area contributed by atoms with Gasteiger partial charge in [-0.15, -0.1) is 0 Å². The van der Waals surface area contributed by atoms with E-state index in [0.717, 1.165) is 0 Å². The summed E-state index contributed by atoms with van der Waals surface area (Å²) in [5, 5.41) is 30.7. The zero-order chi connectivity index (χ0) is 9.30. The third-order valence-corrected chi connectivity index (χ3v) is 2.45. The highest BCUT2D eigenvalue weighted by atomic mass is 16.3. The zero-order valence-corrected chi connectivity index (χ0v) is 7.44. The number of aliphatic hydroxyl groups excluding tert-OH is 3. The maximum Gasteiger partial charge on any atom is 0.0989 e. The quantitative estimate of drug-likeness (QED) is 0.421. The number of hydrogen-bond acceptors (Lipinski definition) is 4. The molecule has 4 heteroatoms. The lowest BCUT2D eigenvalue weighted by molar-refractivity contribution is 0.0147. The van der Waals surface area contributed by atoms with Crippen LogP contribution in [0.5, 0.6) is 0 Å². The van der Waals surface area contributed by atoms with Gasteiger partial charge in [0.2, 0.25) is 0 Å². The van der Waals surface area contributed by atoms with Gasteiger partial charge in [0.25, 0.3) is 0 Å². The van der Waals surface area contributed by atoms with Crippen LogP contribution in [0.15, 0.2) is 0 Å². The molecule has 1 saturated heterocycles. The predicted molar refractivity (Wildman–Crippen MR) is 44.6 cm³/mol. The molecule has 0 radical (unpaired) electrons. The molecule has 1 heterocycles. The molecular weight excluding hydrogens is 158 g/mol. The Labute approximate surface area is 72.2 Å². The standard InChI is InChI=1S/C8H17NO3/c1-4(2)6-8(12)7(11)5(3-10)9-6/h4-12H,3H2,1-2H3/t5-,6+,7+,8+/m1/s1. The van der Waals surface area contributed by atoms with Crippen LogP contribution >= 0.6 is 0 Å². The van der Waals surface area contributed by atoms with Gasteiger partial charge in [0, 0.05) is 6.04 Å². The Bertz CT molecular complexity index is 151. The molecule has 4 N–H and O–H groups in total. The molecule has 1 aliphatic rings. The van der Waals surface area contributed by atoms with Gasteiger partial charge >= 0.3 is 0 Å². The summed E-state index contributed by atoms with van der Waals surface area (Å²) >= 11 is 0. The Morgan fingerprint density at radius 3 is 2.08 bits per heavy atom. The van der Waals surface area contributed by atoms with Gasteiger partial charge in [0.05, 0.1) is 24.9 Å². The predicted octanol–water partition coefficient (Wildman–Crippen LogP) is -1.30. The molecule has 72 valence electrons. The van der Waals surface area contributed by atoms with E-state index in [1.54, 1.807) is 0 Å². The summed E-state index contributed by atoms with van der Waals surface area (Å²) in [5.41, 5.74) is 0. The van der Waals surface area contributed by atoms with E-state index >= 15 is 0 Å². The van der Waals surface area contributed by atoms with Gasteiger partial charge < -0.3 is 20.6 Å². The van der Waals surface area contributed by atoms with E-state index in [4.69, 9.17) is 5.11 Å². The molecule has 0 aromatic rings. The summed E-state index contributed by atoms with van der Waals surface area (Å²) in [7, 11) is 0. The molecule has 0 amide bonds. The van der Waals surface area contributed by atoms with Crippen molar-refractivity contribution in [3.8, 4) is 0 Å². The first-order chi connectivity index (χ1) is 5.57. The first kappa shape index (κ1) is 9.92. The van der Waals surface area contributed by atoms with Gasteiger partial charge in [-0.2, -0.15) is 0 Å². The maximum absolute atomic E-state index is 9.51. The lowest BCUT2D eigenvalue weighted by atomic mass is 9.99. The monoisotopic (exact) mass is 175 g/mol. The molecule has 12 heavy (non-hydrogen) atoms. The molecule has 0 aromatic carbocycles. The third kappa shape index (κ3) is 1.61. The van der Waals surface area contributed by atoms with Gasteiger partial charge in [0.15, 0.2) is 0 Å². The van der Waals surface area contributed by atoms with Gasteiger partial charge in [-0.1, -0.05) is 13.8 Å². The second-order valence-corrected chi connectivity index (χ2v) is 3.71. The lowest BCUT2D eigenvalue weighted by Crippen LogP contribution is -2.38. The van der Waals surface area contributed by atoms with Crippen LogP contribution in [-0.2, 0) is 0 Å². The summed E-state index contributed by atoms with van der Waals surface area (Å²) in [6.07, 6.45) is -1.61. The van der Waals surface area contributed by atoms with Crippen molar-refractivity contribution < 1.29 is 15.3 Å². The normalized spacial score (nSPS) is 42.5. The van der Waals surface area contributed by atoms with Crippen LogP contribution in [0.25, 0.3) is 0 Å². The Kier molecular flexibility index (Phi) is 3.06. The highest BCUT2D eigenvalue weighted by Gasteiger charge is 2.41. The number of aliphatic hydroxyl groups is 3.